The van der Waals surface area contributed by atoms with E-state index in [1.165, 1.54) is 23.6 Å². The van der Waals surface area contributed by atoms with Gasteiger partial charge in [-0.25, -0.2) is 4.79 Å². The van der Waals surface area contributed by atoms with Gasteiger partial charge < -0.3 is 14.2 Å². The summed E-state index contributed by atoms with van der Waals surface area (Å²) in [6, 6.07) is 9.90. The summed E-state index contributed by atoms with van der Waals surface area (Å²) in [5.41, 5.74) is 1.16. The number of fused-ring (bicyclic) bond motifs is 1. The number of amides is 1. The molecule has 0 N–H and O–H groups in total. The first-order valence-corrected chi connectivity index (χ1v) is 10.9. The molecule has 0 aromatic heterocycles. The number of carbonyl (C=O) groups is 3. The third-order valence-electron chi connectivity index (χ3n) is 4.57. The summed E-state index contributed by atoms with van der Waals surface area (Å²) in [6.45, 7) is 6.96. The van der Waals surface area contributed by atoms with Gasteiger partial charge in [0.15, 0.2) is 6.10 Å². The summed E-state index contributed by atoms with van der Waals surface area (Å²) < 4.78 is 16.5. The van der Waals surface area contributed by atoms with Gasteiger partial charge in [-0.05, 0) is 32.8 Å². The average Bonchev–Trinajstić information content (AvgIpc) is 2.68. The number of hydrogen-bond donors (Lipinski definition) is 0. The van der Waals surface area contributed by atoms with E-state index in [0.29, 0.717) is 24.4 Å². The zero-order valence-electron chi connectivity index (χ0n) is 17.7. The molecule has 0 radical (unpaired) electrons. The Bertz CT molecular complexity index is 845. The van der Waals surface area contributed by atoms with E-state index in [2.05, 4.69) is 0 Å². The third kappa shape index (κ3) is 5.23. The Morgan fingerprint density at radius 2 is 1.90 bits per heavy atom. The van der Waals surface area contributed by atoms with Crippen LogP contribution in [0.15, 0.2) is 41.6 Å². The van der Waals surface area contributed by atoms with Crippen LogP contribution < -0.4 is 0 Å². The van der Waals surface area contributed by atoms with Crippen LogP contribution in [0.5, 0.6) is 0 Å². The first kappa shape index (κ1) is 22.4. The molecular weight excluding hydrogens is 406 g/mol. The van der Waals surface area contributed by atoms with Crippen LogP contribution >= 0.6 is 11.8 Å². The summed E-state index contributed by atoms with van der Waals surface area (Å²) in [7, 11) is 0. The van der Waals surface area contributed by atoms with Crippen molar-refractivity contribution in [2.75, 3.05) is 19.0 Å². The average molecular weight is 434 g/mol. The smallest absolute Gasteiger partial charge is 0.355 e. The molecule has 2 atom stereocenters. The molecule has 0 saturated carbocycles. The second kappa shape index (κ2) is 9.22. The topological polar surface area (TPSA) is 82.1 Å². The molecule has 30 heavy (non-hydrogen) atoms. The van der Waals surface area contributed by atoms with Crippen LogP contribution in [0.1, 0.15) is 33.3 Å². The lowest BCUT2D eigenvalue weighted by atomic mass is 10.0. The molecule has 1 aromatic carbocycles. The van der Waals surface area contributed by atoms with Crippen LogP contribution in [0.2, 0.25) is 0 Å². The predicted molar refractivity (Wildman–Crippen MR) is 112 cm³/mol. The number of thioether (sulfide) groups is 1. The fraction of sp³-hybridized carbons (Fsp3) is 0.500. The van der Waals surface area contributed by atoms with Gasteiger partial charge in [-0.2, -0.15) is 0 Å². The molecule has 2 aliphatic heterocycles. The molecular formula is C22H27NO6S. The first-order valence-electron chi connectivity index (χ1n) is 9.86. The Balaban J connectivity index is 1.71. The van der Waals surface area contributed by atoms with E-state index in [1.54, 1.807) is 20.8 Å². The zero-order valence-corrected chi connectivity index (χ0v) is 18.5. The fourth-order valence-corrected chi connectivity index (χ4v) is 4.55. The highest BCUT2D eigenvalue weighted by atomic mass is 32.2. The maximum absolute atomic E-state index is 12.8. The van der Waals surface area contributed by atoms with Crippen LogP contribution in [0, 0.1) is 0 Å². The van der Waals surface area contributed by atoms with E-state index >= 15 is 0 Å². The van der Waals surface area contributed by atoms with E-state index in [-0.39, 0.29) is 23.6 Å². The Labute approximate surface area is 180 Å². The Kier molecular flexibility index (Phi) is 6.88. The van der Waals surface area contributed by atoms with Gasteiger partial charge in [0.2, 0.25) is 0 Å². The van der Waals surface area contributed by atoms with E-state index in [4.69, 9.17) is 14.2 Å². The van der Waals surface area contributed by atoms with Crippen molar-refractivity contribution < 1.29 is 28.6 Å². The molecule has 8 heteroatoms. The van der Waals surface area contributed by atoms with Crippen molar-refractivity contribution in [3.05, 3.63) is 47.2 Å². The van der Waals surface area contributed by atoms with Gasteiger partial charge in [-0.15, -0.1) is 11.8 Å². The summed E-state index contributed by atoms with van der Waals surface area (Å²) in [4.78, 5) is 38.3. The van der Waals surface area contributed by atoms with Crippen molar-refractivity contribution in [1.82, 2.24) is 4.90 Å². The molecule has 7 nitrogen and oxygen atoms in total. The molecule has 2 aliphatic rings. The maximum Gasteiger partial charge on any atom is 0.355 e. The van der Waals surface area contributed by atoms with Crippen molar-refractivity contribution in [2.24, 2.45) is 0 Å². The SMILES string of the molecule is CC(=O)OCC1=C(C(=O)OC(C)(C)C)N2C(=O)[C@H](OCCc3ccccc3)[C@H]2SC1. The number of benzene rings is 1. The zero-order chi connectivity index (χ0) is 21.9. The largest absolute Gasteiger partial charge is 0.461 e. The van der Waals surface area contributed by atoms with Crippen molar-refractivity contribution >= 4 is 29.6 Å². The Morgan fingerprint density at radius 1 is 1.20 bits per heavy atom. The quantitative estimate of drug-likeness (QED) is 0.483. The molecule has 0 spiro atoms. The van der Waals surface area contributed by atoms with Crippen LogP contribution in [0.3, 0.4) is 0 Å². The standard InChI is InChI=1S/C22H27NO6S/c1-14(24)28-12-16-13-30-20-18(27-11-10-15-8-6-5-7-9-15)19(25)23(20)17(16)21(26)29-22(2,3)4/h5-9,18,20H,10-13H2,1-4H3/t18-,20+/m0/s1. The van der Waals surface area contributed by atoms with E-state index in [1.807, 2.05) is 30.3 Å². The predicted octanol–water partition coefficient (Wildman–Crippen LogP) is 2.69. The molecule has 162 valence electrons. The summed E-state index contributed by atoms with van der Waals surface area (Å²) in [5.74, 6) is -0.864. The molecule has 0 bridgehead atoms. The molecule has 1 amide bonds. The van der Waals surface area contributed by atoms with E-state index in [0.717, 1.165) is 5.56 Å². The second-order valence-corrected chi connectivity index (χ2v) is 9.28. The number of rotatable bonds is 7. The van der Waals surface area contributed by atoms with Gasteiger partial charge in [0.25, 0.3) is 5.91 Å². The lowest BCUT2D eigenvalue weighted by Gasteiger charge is -2.49. The van der Waals surface area contributed by atoms with Gasteiger partial charge in [0, 0.05) is 18.2 Å². The highest BCUT2D eigenvalue weighted by molar-refractivity contribution is 8.00. The Morgan fingerprint density at radius 3 is 2.53 bits per heavy atom. The number of carbonyl (C=O) groups excluding carboxylic acids is 3. The number of esters is 2. The monoisotopic (exact) mass is 433 g/mol. The highest BCUT2D eigenvalue weighted by Gasteiger charge is 2.55. The van der Waals surface area contributed by atoms with Crippen molar-refractivity contribution in [3.8, 4) is 0 Å². The minimum atomic E-state index is -0.712. The van der Waals surface area contributed by atoms with Crippen molar-refractivity contribution in [2.45, 2.75) is 51.2 Å². The summed E-state index contributed by atoms with van der Waals surface area (Å²) in [5, 5.41) is -0.295. The lowest BCUT2D eigenvalue weighted by Crippen LogP contribution is -2.66. The summed E-state index contributed by atoms with van der Waals surface area (Å²) >= 11 is 1.49. The minimum absolute atomic E-state index is 0.0487. The van der Waals surface area contributed by atoms with Crippen molar-refractivity contribution in [3.63, 3.8) is 0 Å². The van der Waals surface area contributed by atoms with Crippen LogP contribution in [-0.4, -0.2) is 58.8 Å². The fourth-order valence-electron chi connectivity index (χ4n) is 3.23. The highest BCUT2D eigenvalue weighted by Crippen LogP contribution is 2.42. The molecule has 3 rings (SSSR count). The van der Waals surface area contributed by atoms with Gasteiger partial charge >= 0.3 is 11.9 Å². The van der Waals surface area contributed by atoms with Gasteiger partial charge in [0.1, 0.15) is 23.3 Å². The van der Waals surface area contributed by atoms with Gasteiger partial charge in [-0.3, -0.25) is 14.5 Å². The molecule has 1 fully saturated rings. The molecule has 0 aliphatic carbocycles. The van der Waals surface area contributed by atoms with Gasteiger partial charge in [-0.1, -0.05) is 30.3 Å². The van der Waals surface area contributed by atoms with Crippen LogP contribution in [0.4, 0.5) is 0 Å². The lowest BCUT2D eigenvalue weighted by molar-refractivity contribution is -0.169. The van der Waals surface area contributed by atoms with Gasteiger partial charge in [0.05, 0.1) is 6.61 Å². The van der Waals surface area contributed by atoms with E-state index in [9.17, 15) is 14.4 Å². The number of ether oxygens (including phenoxy) is 3. The minimum Gasteiger partial charge on any atom is -0.461 e. The molecule has 2 heterocycles. The third-order valence-corrected chi connectivity index (χ3v) is 5.89. The maximum atomic E-state index is 12.8. The molecule has 1 saturated heterocycles. The van der Waals surface area contributed by atoms with Crippen LogP contribution in [-0.2, 0) is 35.0 Å². The second-order valence-electron chi connectivity index (χ2n) is 8.17. The Hall–Kier alpha value is -2.32. The first-order chi connectivity index (χ1) is 14.2. The van der Waals surface area contributed by atoms with Crippen LogP contribution in [0.25, 0.3) is 0 Å². The normalized spacial score (nSPS) is 21.1. The number of hydrogen-bond acceptors (Lipinski definition) is 7. The number of β-lactam (4-membered cyclic amide) rings is 1. The van der Waals surface area contributed by atoms with Crippen molar-refractivity contribution in [1.29, 1.82) is 0 Å². The van der Waals surface area contributed by atoms with E-state index < -0.39 is 23.6 Å². The summed E-state index contributed by atoms with van der Waals surface area (Å²) in [6.07, 6.45) is 0.0977. The molecule has 1 aromatic rings. The number of nitrogens with zero attached hydrogens (tertiary/aromatic N) is 1. The molecule has 0 unspecified atom stereocenters.